The maximum Gasteiger partial charge on any atom is 0.273 e. The van der Waals surface area contributed by atoms with Crippen molar-refractivity contribution in [3.63, 3.8) is 0 Å². The molecule has 0 saturated carbocycles. The summed E-state index contributed by atoms with van der Waals surface area (Å²) in [4.78, 5) is 22.5. The Balaban J connectivity index is 1.53. The maximum absolute atomic E-state index is 12.6. The number of rotatable bonds is 7. The number of ether oxygens (including phenoxy) is 1. The summed E-state index contributed by atoms with van der Waals surface area (Å²) in [6, 6.07) is 3.53. The Morgan fingerprint density at radius 1 is 1.24 bits per heavy atom. The van der Waals surface area contributed by atoms with Crippen LogP contribution in [0, 0.1) is 17.0 Å². The molecule has 0 spiro atoms. The molecule has 176 valence electrons. The van der Waals surface area contributed by atoms with Gasteiger partial charge in [0.2, 0.25) is 10.0 Å². The second-order valence-corrected chi connectivity index (χ2v) is 9.17. The van der Waals surface area contributed by atoms with Gasteiger partial charge in [-0.25, -0.2) is 28.1 Å². The first-order chi connectivity index (χ1) is 15.6. The van der Waals surface area contributed by atoms with E-state index in [9.17, 15) is 28.7 Å². The Labute approximate surface area is 187 Å². The third-order valence-corrected chi connectivity index (χ3v) is 6.79. The number of sulfonamides is 1. The normalized spacial score (nSPS) is 23.2. The number of nitrogens with one attached hydrogen (secondary N) is 2. The van der Waals surface area contributed by atoms with Crippen LogP contribution in [0.4, 0.5) is 11.5 Å². The fraction of sp³-hybridized carbons (Fsp3) is 0.389. The number of hydrogen-bond donors (Lipinski definition) is 4. The predicted octanol–water partition coefficient (Wildman–Crippen LogP) is -0.318. The predicted molar refractivity (Wildman–Crippen MR) is 114 cm³/mol. The highest BCUT2D eigenvalue weighted by Crippen LogP contribution is 2.32. The van der Waals surface area contributed by atoms with Gasteiger partial charge in [-0.15, -0.1) is 0 Å². The molecule has 4 rings (SSSR count). The van der Waals surface area contributed by atoms with E-state index in [0.717, 1.165) is 6.07 Å². The van der Waals surface area contributed by atoms with E-state index in [-0.39, 0.29) is 17.1 Å². The first-order valence-electron chi connectivity index (χ1n) is 9.75. The number of aryl methyl sites for hydroxylation is 1. The molecule has 33 heavy (non-hydrogen) atoms. The van der Waals surface area contributed by atoms with Gasteiger partial charge >= 0.3 is 0 Å². The van der Waals surface area contributed by atoms with Crippen molar-refractivity contribution in [1.82, 2.24) is 24.2 Å². The van der Waals surface area contributed by atoms with Crippen LogP contribution in [-0.4, -0.2) is 75.0 Å². The van der Waals surface area contributed by atoms with Gasteiger partial charge in [0, 0.05) is 25.2 Å². The zero-order chi connectivity index (χ0) is 23.9. The van der Waals surface area contributed by atoms with Crippen LogP contribution >= 0.6 is 0 Å². The summed E-state index contributed by atoms with van der Waals surface area (Å²) in [6.07, 6.45) is -2.34. The van der Waals surface area contributed by atoms with Crippen LogP contribution in [0.25, 0.3) is 11.2 Å². The summed E-state index contributed by atoms with van der Waals surface area (Å²) in [6.45, 7) is 1.11. The van der Waals surface area contributed by atoms with Gasteiger partial charge in [0.25, 0.3) is 5.69 Å². The molecule has 1 aliphatic heterocycles. The van der Waals surface area contributed by atoms with E-state index >= 15 is 0 Å². The van der Waals surface area contributed by atoms with Gasteiger partial charge in [-0.2, -0.15) is 0 Å². The average molecular weight is 479 g/mol. The minimum atomic E-state index is -4.15. The SMILES string of the molecule is CNc1ncnc2c1ncn2[C@@H]1O[C@H](CNS(=O)(=O)c2ccc(C)c([N+](=O)[O-])c2)[C@@H](O)[C@H]1O. The van der Waals surface area contributed by atoms with Crippen molar-refractivity contribution in [1.29, 1.82) is 0 Å². The summed E-state index contributed by atoms with van der Waals surface area (Å²) in [7, 11) is -2.49. The zero-order valence-corrected chi connectivity index (χ0v) is 18.3. The number of aliphatic hydroxyl groups excluding tert-OH is 2. The molecule has 1 saturated heterocycles. The molecular formula is C18H21N7O7S. The van der Waals surface area contributed by atoms with E-state index in [1.807, 2.05) is 0 Å². The van der Waals surface area contributed by atoms with Crippen LogP contribution in [0.15, 0.2) is 35.7 Å². The minimum absolute atomic E-state index is 0.304. The topological polar surface area (TPSA) is 195 Å². The Morgan fingerprint density at radius 2 is 2.00 bits per heavy atom. The molecule has 3 heterocycles. The third kappa shape index (κ3) is 4.11. The Kier molecular flexibility index (Phi) is 5.98. The molecule has 0 radical (unpaired) electrons. The largest absolute Gasteiger partial charge is 0.387 e. The van der Waals surface area contributed by atoms with Crippen molar-refractivity contribution in [2.24, 2.45) is 0 Å². The minimum Gasteiger partial charge on any atom is -0.387 e. The van der Waals surface area contributed by atoms with Crippen molar-refractivity contribution in [2.45, 2.75) is 36.4 Å². The maximum atomic E-state index is 12.6. The summed E-state index contributed by atoms with van der Waals surface area (Å²) in [5, 5.41) is 35.0. The van der Waals surface area contributed by atoms with Gasteiger partial charge in [0.05, 0.1) is 16.1 Å². The Morgan fingerprint density at radius 3 is 2.70 bits per heavy atom. The van der Waals surface area contributed by atoms with Crippen molar-refractivity contribution >= 4 is 32.7 Å². The van der Waals surface area contributed by atoms with Crippen molar-refractivity contribution < 1.29 is 28.3 Å². The molecular weight excluding hydrogens is 458 g/mol. The quantitative estimate of drug-likeness (QED) is 0.256. The van der Waals surface area contributed by atoms with Crippen LogP contribution < -0.4 is 10.0 Å². The summed E-state index contributed by atoms with van der Waals surface area (Å²) in [5.41, 5.74) is 0.756. The van der Waals surface area contributed by atoms with Gasteiger partial charge in [-0.05, 0) is 13.0 Å². The lowest BCUT2D eigenvalue weighted by molar-refractivity contribution is -0.385. The number of nitro groups is 1. The summed E-state index contributed by atoms with van der Waals surface area (Å²) < 4.78 is 34.7. The number of imidazole rings is 1. The second-order valence-electron chi connectivity index (χ2n) is 7.40. The lowest BCUT2D eigenvalue weighted by Gasteiger charge is -2.16. The number of benzene rings is 1. The smallest absolute Gasteiger partial charge is 0.273 e. The average Bonchev–Trinajstić information content (AvgIpc) is 3.33. The van der Waals surface area contributed by atoms with E-state index in [4.69, 9.17) is 4.74 Å². The molecule has 15 heteroatoms. The molecule has 0 aliphatic carbocycles. The van der Waals surface area contributed by atoms with Crippen LogP contribution in [0.3, 0.4) is 0 Å². The zero-order valence-electron chi connectivity index (χ0n) is 17.5. The molecule has 3 aromatic rings. The molecule has 14 nitrogen and oxygen atoms in total. The molecule has 4 atom stereocenters. The molecule has 0 bridgehead atoms. The summed E-state index contributed by atoms with van der Waals surface area (Å²) in [5.74, 6) is 0.461. The molecule has 0 amide bonds. The number of nitrogens with zero attached hydrogens (tertiary/aromatic N) is 5. The highest BCUT2D eigenvalue weighted by Gasteiger charge is 2.44. The Bertz CT molecular complexity index is 1310. The number of nitro benzene ring substituents is 1. The monoisotopic (exact) mass is 479 g/mol. The third-order valence-electron chi connectivity index (χ3n) is 5.37. The van der Waals surface area contributed by atoms with Crippen molar-refractivity contribution in [2.75, 3.05) is 18.9 Å². The van der Waals surface area contributed by atoms with Gasteiger partial charge in [0.1, 0.15) is 30.2 Å². The number of aromatic nitrogens is 4. The first kappa shape index (κ1) is 22.9. The standard InChI is InChI=1S/C18H21N7O7S/c1-9-3-4-10(5-11(9)25(28)29)33(30,31)23-6-12-14(26)15(27)18(32-12)24-8-22-13-16(19-2)20-7-21-17(13)24/h3-5,7-8,12,14-15,18,23,26-27H,6H2,1-2H3,(H,19,20,21)/t12-,14-,15-,18-/m1/s1. The van der Waals surface area contributed by atoms with Gasteiger partial charge in [-0.1, -0.05) is 6.07 Å². The van der Waals surface area contributed by atoms with Crippen molar-refractivity contribution in [3.05, 3.63) is 46.5 Å². The van der Waals surface area contributed by atoms with Gasteiger partial charge in [-0.3, -0.25) is 14.7 Å². The fourth-order valence-electron chi connectivity index (χ4n) is 3.58. The molecule has 2 aromatic heterocycles. The van der Waals surface area contributed by atoms with Gasteiger partial charge in [0.15, 0.2) is 17.7 Å². The first-order valence-corrected chi connectivity index (χ1v) is 11.2. The molecule has 4 N–H and O–H groups in total. The molecule has 0 unspecified atom stereocenters. The number of anilines is 1. The van der Waals surface area contributed by atoms with Gasteiger partial charge < -0.3 is 20.3 Å². The van der Waals surface area contributed by atoms with Crippen molar-refractivity contribution in [3.8, 4) is 0 Å². The molecule has 1 fully saturated rings. The number of fused-ring (bicyclic) bond motifs is 1. The van der Waals surface area contributed by atoms with E-state index in [2.05, 4.69) is 25.0 Å². The lowest BCUT2D eigenvalue weighted by Crippen LogP contribution is -2.39. The fourth-order valence-corrected chi connectivity index (χ4v) is 4.64. The highest BCUT2D eigenvalue weighted by molar-refractivity contribution is 7.89. The van der Waals surface area contributed by atoms with E-state index in [1.165, 1.54) is 36.3 Å². The van der Waals surface area contributed by atoms with Crippen LogP contribution in [0.2, 0.25) is 0 Å². The number of hydrogen-bond acceptors (Lipinski definition) is 11. The van der Waals surface area contributed by atoms with Crippen LogP contribution in [-0.2, 0) is 14.8 Å². The van der Waals surface area contributed by atoms with E-state index in [1.54, 1.807) is 7.05 Å². The summed E-state index contributed by atoms with van der Waals surface area (Å²) >= 11 is 0. The molecule has 1 aliphatic rings. The number of aliphatic hydroxyl groups is 2. The van der Waals surface area contributed by atoms with E-state index < -0.39 is 39.5 Å². The van der Waals surface area contributed by atoms with Crippen LogP contribution in [0.1, 0.15) is 11.8 Å². The van der Waals surface area contributed by atoms with E-state index in [0.29, 0.717) is 22.5 Å². The van der Waals surface area contributed by atoms with Crippen LogP contribution in [0.5, 0.6) is 0 Å². The molecule has 1 aromatic carbocycles. The lowest BCUT2D eigenvalue weighted by atomic mass is 10.1. The Hall–Kier alpha value is -3.24. The second kappa shape index (κ2) is 8.60. The highest BCUT2D eigenvalue weighted by atomic mass is 32.2.